The number of hydrogen-bond donors (Lipinski definition) is 1. The highest BCUT2D eigenvalue weighted by molar-refractivity contribution is 7.92. The smallest absolute Gasteiger partial charge is 0.264 e. The van der Waals surface area contributed by atoms with E-state index in [4.69, 9.17) is 4.74 Å². The average molecular weight is 566 g/mol. The molecular formula is C31H39N3O5S. The Kier molecular flexibility index (Phi) is 9.63. The van der Waals surface area contributed by atoms with Crippen molar-refractivity contribution in [2.45, 2.75) is 64.6 Å². The van der Waals surface area contributed by atoms with E-state index < -0.39 is 34.1 Å². The molecule has 0 bridgehead atoms. The van der Waals surface area contributed by atoms with Crippen molar-refractivity contribution in [3.8, 4) is 5.75 Å². The molecule has 0 heterocycles. The zero-order valence-electron chi connectivity index (χ0n) is 24.3. The highest BCUT2D eigenvalue weighted by Gasteiger charge is 2.33. The van der Waals surface area contributed by atoms with Crippen molar-refractivity contribution in [1.29, 1.82) is 0 Å². The van der Waals surface area contributed by atoms with Crippen LogP contribution in [0.25, 0.3) is 0 Å². The van der Waals surface area contributed by atoms with Crippen molar-refractivity contribution < 1.29 is 22.7 Å². The van der Waals surface area contributed by atoms with Gasteiger partial charge < -0.3 is 15.0 Å². The Morgan fingerprint density at radius 2 is 1.55 bits per heavy atom. The number of rotatable bonds is 10. The van der Waals surface area contributed by atoms with Gasteiger partial charge in [0.15, 0.2) is 0 Å². The Bertz CT molecular complexity index is 1430. The highest BCUT2D eigenvalue weighted by Crippen LogP contribution is 2.27. The van der Waals surface area contributed by atoms with Crippen LogP contribution in [0.1, 0.15) is 44.4 Å². The molecule has 9 heteroatoms. The standard InChI is InChI=1S/C31H39N3O5S/c1-22-11-17-28(18-12-22)40(37,38)34(26-13-15-27(39-7)16-14-26)21-29(35)33(20-25-10-8-9-23(2)19-25)24(3)30(36)32-31(4,5)6/h8-19,24H,20-21H2,1-7H3,(H,32,36)/t24-/m0/s1. The maximum Gasteiger partial charge on any atom is 0.264 e. The molecule has 0 spiro atoms. The third-order valence-corrected chi connectivity index (χ3v) is 8.14. The lowest BCUT2D eigenvalue weighted by Gasteiger charge is -2.33. The van der Waals surface area contributed by atoms with E-state index in [0.29, 0.717) is 11.4 Å². The van der Waals surface area contributed by atoms with E-state index in [1.165, 1.54) is 24.1 Å². The molecule has 0 aromatic heterocycles. The monoisotopic (exact) mass is 565 g/mol. The van der Waals surface area contributed by atoms with Crippen molar-refractivity contribution >= 4 is 27.5 Å². The molecule has 3 rings (SSSR count). The van der Waals surface area contributed by atoms with Gasteiger partial charge in [0.2, 0.25) is 11.8 Å². The van der Waals surface area contributed by atoms with Crippen molar-refractivity contribution in [3.05, 3.63) is 89.5 Å². The topological polar surface area (TPSA) is 96.0 Å². The minimum Gasteiger partial charge on any atom is -0.497 e. The van der Waals surface area contributed by atoms with Crippen molar-refractivity contribution in [2.24, 2.45) is 0 Å². The molecule has 0 unspecified atom stereocenters. The number of carbonyl (C=O) groups excluding carboxylic acids is 2. The van der Waals surface area contributed by atoms with E-state index in [0.717, 1.165) is 21.0 Å². The second-order valence-corrected chi connectivity index (χ2v) is 12.8. The van der Waals surface area contributed by atoms with Crippen molar-refractivity contribution in [3.63, 3.8) is 0 Å². The van der Waals surface area contributed by atoms with Crippen LogP contribution in [0.4, 0.5) is 5.69 Å². The molecule has 1 atom stereocenters. The molecule has 214 valence electrons. The third-order valence-electron chi connectivity index (χ3n) is 6.35. The molecule has 0 saturated carbocycles. The summed E-state index contributed by atoms with van der Waals surface area (Å²) in [5.74, 6) is -0.285. The summed E-state index contributed by atoms with van der Waals surface area (Å²) in [6.07, 6.45) is 0. The number of carbonyl (C=O) groups is 2. The molecular weight excluding hydrogens is 526 g/mol. The first kappa shape index (κ1) is 30.7. The Morgan fingerprint density at radius 3 is 2.10 bits per heavy atom. The molecule has 0 aliphatic carbocycles. The predicted octanol–water partition coefficient (Wildman–Crippen LogP) is 4.84. The maximum absolute atomic E-state index is 14.0. The minimum absolute atomic E-state index is 0.0606. The summed E-state index contributed by atoms with van der Waals surface area (Å²) >= 11 is 0. The van der Waals surface area contributed by atoms with Crippen LogP contribution in [-0.4, -0.2) is 50.4 Å². The van der Waals surface area contributed by atoms with Gasteiger partial charge in [0.05, 0.1) is 17.7 Å². The number of anilines is 1. The molecule has 3 aromatic rings. The number of methoxy groups -OCH3 is 1. The van der Waals surface area contributed by atoms with Gasteiger partial charge in [0, 0.05) is 12.1 Å². The van der Waals surface area contributed by atoms with Gasteiger partial charge in [-0.2, -0.15) is 0 Å². The van der Waals surface area contributed by atoms with E-state index >= 15 is 0 Å². The summed E-state index contributed by atoms with van der Waals surface area (Å²) in [5.41, 5.74) is 2.55. The summed E-state index contributed by atoms with van der Waals surface area (Å²) in [4.78, 5) is 28.7. The fraction of sp³-hybridized carbons (Fsp3) is 0.355. The molecule has 3 aromatic carbocycles. The number of nitrogens with one attached hydrogen (secondary N) is 1. The van der Waals surface area contributed by atoms with Crippen LogP contribution in [0.15, 0.2) is 77.7 Å². The largest absolute Gasteiger partial charge is 0.497 e. The minimum atomic E-state index is -4.13. The van der Waals surface area contributed by atoms with Gasteiger partial charge in [-0.1, -0.05) is 47.5 Å². The van der Waals surface area contributed by atoms with Gasteiger partial charge in [0.25, 0.3) is 10.0 Å². The molecule has 1 N–H and O–H groups in total. The summed E-state index contributed by atoms with van der Waals surface area (Å²) in [7, 11) is -2.61. The number of benzene rings is 3. The molecule has 0 saturated heterocycles. The van der Waals surface area contributed by atoms with Crippen LogP contribution < -0.4 is 14.4 Å². The van der Waals surface area contributed by atoms with Gasteiger partial charge in [-0.15, -0.1) is 0 Å². The SMILES string of the molecule is COc1ccc(N(CC(=O)N(Cc2cccc(C)c2)[C@@H](C)C(=O)NC(C)(C)C)S(=O)(=O)c2ccc(C)cc2)cc1. The molecule has 0 fully saturated rings. The van der Waals surface area contributed by atoms with E-state index in [-0.39, 0.29) is 17.3 Å². The molecule has 8 nitrogen and oxygen atoms in total. The maximum atomic E-state index is 14.0. The summed E-state index contributed by atoms with van der Waals surface area (Å²) in [6.45, 7) is 10.7. The summed E-state index contributed by atoms with van der Waals surface area (Å²) < 4.78 is 34.1. The van der Waals surface area contributed by atoms with E-state index in [1.54, 1.807) is 43.3 Å². The summed E-state index contributed by atoms with van der Waals surface area (Å²) in [5, 5.41) is 2.93. The molecule has 0 aliphatic heterocycles. The molecule has 0 radical (unpaired) electrons. The van der Waals surface area contributed by atoms with Gasteiger partial charge >= 0.3 is 0 Å². The Balaban J connectivity index is 2.04. The second kappa shape index (κ2) is 12.6. The van der Waals surface area contributed by atoms with E-state index in [9.17, 15) is 18.0 Å². The van der Waals surface area contributed by atoms with Gasteiger partial charge in [-0.25, -0.2) is 8.42 Å². The average Bonchev–Trinajstić information content (AvgIpc) is 2.89. The molecule has 2 amide bonds. The zero-order valence-corrected chi connectivity index (χ0v) is 25.1. The normalized spacial score (nSPS) is 12.4. The fourth-order valence-corrected chi connectivity index (χ4v) is 5.59. The number of sulfonamides is 1. The van der Waals surface area contributed by atoms with Gasteiger partial charge in [-0.3, -0.25) is 13.9 Å². The van der Waals surface area contributed by atoms with Crippen LogP contribution in [0.2, 0.25) is 0 Å². The predicted molar refractivity (Wildman–Crippen MR) is 158 cm³/mol. The Morgan fingerprint density at radius 1 is 0.925 bits per heavy atom. The van der Waals surface area contributed by atoms with Crippen LogP contribution in [0.3, 0.4) is 0 Å². The lowest BCUT2D eigenvalue weighted by Crippen LogP contribution is -2.54. The second-order valence-electron chi connectivity index (χ2n) is 10.9. The van der Waals surface area contributed by atoms with Crippen LogP contribution in [-0.2, 0) is 26.2 Å². The highest BCUT2D eigenvalue weighted by atomic mass is 32.2. The molecule has 0 aliphatic rings. The first-order valence-corrected chi connectivity index (χ1v) is 14.6. The first-order chi connectivity index (χ1) is 18.7. The van der Waals surface area contributed by atoms with Gasteiger partial charge in [0.1, 0.15) is 18.3 Å². The summed E-state index contributed by atoms with van der Waals surface area (Å²) in [6, 6.07) is 19.7. The van der Waals surface area contributed by atoms with Crippen LogP contribution in [0, 0.1) is 13.8 Å². The van der Waals surface area contributed by atoms with Crippen molar-refractivity contribution in [2.75, 3.05) is 18.0 Å². The van der Waals surface area contributed by atoms with Crippen LogP contribution in [0.5, 0.6) is 5.75 Å². The van der Waals surface area contributed by atoms with Crippen molar-refractivity contribution in [1.82, 2.24) is 10.2 Å². The lowest BCUT2D eigenvalue weighted by molar-refractivity contribution is -0.140. The lowest BCUT2D eigenvalue weighted by atomic mass is 10.1. The molecule has 40 heavy (non-hydrogen) atoms. The number of nitrogens with zero attached hydrogens (tertiary/aromatic N) is 2. The Labute approximate surface area is 238 Å². The quantitative estimate of drug-likeness (QED) is 0.380. The number of aryl methyl sites for hydroxylation is 2. The van der Waals surface area contributed by atoms with E-state index in [2.05, 4.69) is 5.32 Å². The third kappa shape index (κ3) is 7.85. The van der Waals surface area contributed by atoms with Crippen LogP contribution >= 0.6 is 0 Å². The number of hydrogen-bond acceptors (Lipinski definition) is 5. The fourth-order valence-electron chi connectivity index (χ4n) is 4.18. The van der Waals surface area contributed by atoms with E-state index in [1.807, 2.05) is 58.9 Å². The number of amides is 2. The number of ether oxygens (including phenoxy) is 1. The Hall–Kier alpha value is -3.85. The zero-order chi connectivity index (χ0) is 29.7. The first-order valence-electron chi connectivity index (χ1n) is 13.1. The van der Waals surface area contributed by atoms with Gasteiger partial charge in [-0.05, 0) is 83.5 Å².